The van der Waals surface area contributed by atoms with Gasteiger partial charge < -0.3 is 4.74 Å². The quantitative estimate of drug-likeness (QED) is 0.559. The van der Waals surface area contributed by atoms with Gasteiger partial charge in [-0.05, 0) is 6.92 Å². The lowest BCUT2D eigenvalue weighted by atomic mass is 10.2. The molecule has 0 aromatic carbocycles. The highest BCUT2D eigenvalue weighted by Gasteiger charge is 1.98. The largest absolute Gasteiger partial charge is 0.384 e. The maximum atomic E-state index is 10.9. The minimum atomic E-state index is 0.231. The van der Waals surface area contributed by atoms with E-state index >= 15 is 0 Å². The van der Waals surface area contributed by atoms with Crippen molar-refractivity contribution in [2.45, 2.75) is 26.2 Å². The summed E-state index contributed by atoms with van der Waals surface area (Å²) in [7, 11) is 1.60. The molecule has 11 heavy (non-hydrogen) atoms. The lowest BCUT2D eigenvalue weighted by Crippen LogP contribution is -2.01. The van der Waals surface area contributed by atoms with E-state index in [0.717, 1.165) is 0 Å². The fourth-order valence-electron chi connectivity index (χ4n) is 0.668. The van der Waals surface area contributed by atoms with Crippen LogP contribution in [0.15, 0.2) is 0 Å². The highest BCUT2D eigenvalue weighted by Crippen LogP contribution is 1.93. The van der Waals surface area contributed by atoms with Crippen LogP contribution in [0, 0.1) is 11.8 Å². The first kappa shape index (κ1) is 10.2. The van der Waals surface area contributed by atoms with Gasteiger partial charge in [-0.25, -0.2) is 0 Å². The summed E-state index contributed by atoms with van der Waals surface area (Å²) >= 11 is 0. The zero-order valence-electron chi connectivity index (χ0n) is 7.14. The smallest absolute Gasteiger partial charge is 0.136 e. The number of rotatable bonds is 5. The van der Waals surface area contributed by atoms with E-state index in [1.807, 2.05) is 0 Å². The molecule has 0 amide bonds. The second kappa shape index (κ2) is 7.30. The maximum Gasteiger partial charge on any atom is 0.136 e. The molecule has 0 spiro atoms. The van der Waals surface area contributed by atoms with Gasteiger partial charge in [-0.1, -0.05) is 0 Å². The van der Waals surface area contributed by atoms with E-state index in [1.54, 1.807) is 14.0 Å². The van der Waals surface area contributed by atoms with Crippen LogP contribution in [-0.2, 0) is 9.53 Å². The highest BCUT2D eigenvalue weighted by atomic mass is 16.5. The van der Waals surface area contributed by atoms with Crippen molar-refractivity contribution in [2.75, 3.05) is 13.7 Å². The van der Waals surface area contributed by atoms with Gasteiger partial charge in [0.2, 0.25) is 0 Å². The highest BCUT2D eigenvalue weighted by molar-refractivity contribution is 5.78. The Balaban J connectivity index is 3.27. The van der Waals surface area contributed by atoms with Crippen molar-refractivity contribution in [2.24, 2.45) is 0 Å². The van der Waals surface area contributed by atoms with Crippen molar-refractivity contribution in [3.05, 3.63) is 0 Å². The van der Waals surface area contributed by atoms with Crippen molar-refractivity contribution < 1.29 is 9.53 Å². The monoisotopic (exact) mass is 154 g/mol. The van der Waals surface area contributed by atoms with Gasteiger partial charge in [0, 0.05) is 26.4 Å². The average molecular weight is 154 g/mol. The summed E-state index contributed by atoms with van der Waals surface area (Å²) in [5, 5.41) is 0. The number of carbonyl (C=O) groups excluding carboxylic acids is 1. The fourth-order valence-corrected chi connectivity index (χ4v) is 0.668. The Bertz CT molecular complexity index is 162. The van der Waals surface area contributed by atoms with Crippen LogP contribution < -0.4 is 0 Å². The minimum absolute atomic E-state index is 0.231. The summed E-state index contributed by atoms with van der Waals surface area (Å²) in [5.41, 5.74) is 0. The lowest BCUT2D eigenvalue weighted by molar-refractivity contribution is -0.119. The number of methoxy groups -OCH3 is 1. The summed E-state index contributed by atoms with van der Waals surface area (Å²) in [4.78, 5) is 10.9. The third kappa shape index (κ3) is 7.08. The van der Waals surface area contributed by atoms with Gasteiger partial charge in [0.1, 0.15) is 5.78 Å². The molecule has 0 aliphatic heterocycles. The van der Waals surface area contributed by atoms with Crippen molar-refractivity contribution in [3.63, 3.8) is 0 Å². The van der Waals surface area contributed by atoms with Crippen molar-refractivity contribution in [1.82, 2.24) is 0 Å². The van der Waals surface area contributed by atoms with E-state index < -0.39 is 0 Å². The number of ketones is 1. The Morgan fingerprint density at radius 1 is 1.45 bits per heavy atom. The Morgan fingerprint density at radius 2 is 2.18 bits per heavy atom. The van der Waals surface area contributed by atoms with E-state index in [2.05, 4.69) is 11.8 Å². The van der Waals surface area contributed by atoms with E-state index in [4.69, 9.17) is 4.74 Å². The van der Waals surface area contributed by atoms with Gasteiger partial charge in [-0.15, -0.1) is 11.8 Å². The first-order valence-electron chi connectivity index (χ1n) is 3.71. The second-order valence-corrected chi connectivity index (χ2v) is 2.21. The van der Waals surface area contributed by atoms with Gasteiger partial charge >= 0.3 is 0 Å². The Hall–Kier alpha value is -0.810. The van der Waals surface area contributed by atoms with Crippen LogP contribution in [0.5, 0.6) is 0 Å². The summed E-state index contributed by atoms with van der Waals surface area (Å²) < 4.78 is 4.76. The SMILES string of the molecule is CC#CCCC(=O)CCOC. The van der Waals surface area contributed by atoms with Gasteiger partial charge in [-0.2, -0.15) is 0 Å². The molecular weight excluding hydrogens is 140 g/mol. The van der Waals surface area contributed by atoms with Crippen LogP contribution >= 0.6 is 0 Å². The Morgan fingerprint density at radius 3 is 2.73 bits per heavy atom. The molecule has 0 unspecified atom stereocenters. The molecule has 0 radical (unpaired) electrons. The molecule has 2 nitrogen and oxygen atoms in total. The molecule has 0 aromatic rings. The number of ether oxygens (including phenoxy) is 1. The van der Waals surface area contributed by atoms with Gasteiger partial charge in [0.25, 0.3) is 0 Å². The Kier molecular flexibility index (Phi) is 6.76. The van der Waals surface area contributed by atoms with Crippen LogP contribution in [0.4, 0.5) is 0 Å². The summed E-state index contributed by atoms with van der Waals surface area (Å²) in [5.74, 6) is 5.82. The Labute approximate surface area is 67.9 Å². The summed E-state index contributed by atoms with van der Waals surface area (Å²) in [6, 6.07) is 0. The van der Waals surface area contributed by atoms with Crippen LogP contribution in [-0.4, -0.2) is 19.5 Å². The molecule has 0 heterocycles. The first-order chi connectivity index (χ1) is 5.31. The molecule has 0 fully saturated rings. The third-order valence-electron chi connectivity index (χ3n) is 1.29. The molecule has 62 valence electrons. The second-order valence-electron chi connectivity index (χ2n) is 2.21. The van der Waals surface area contributed by atoms with Crippen molar-refractivity contribution in [1.29, 1.82) is 0 Å². The molecule has 0 bridgehead atoms. The van der Waals surface area contributed by atoms with Crippen molar-refractivity contribution in [3.8, 4) is 11.8 Å². The molecular formula is C9H14O2. The van der Waals surface area contributed by atoms with Crippen LogP contribution in [0.3, 0.4) is 0 Å². The predicted octanol–water partition coefficient (Wildman–Crippen LogP) is 1.40. The summed E-state index contributed by atoms with van der Waals surface area (Å²) in [6.45, 7) is 2.30. The molecule has 0 N–H and O–H groups in total. The molecule has 0 aromatic heterocycles. The van der Waals surface area contributed by atoms with E-state index in [0.29, 0.717) is 25.9 Å². The van der Waals surface area contributed by atoms with E-state index in [-0.39, 0.29) is 5.78 Å². The number of carbonyl (C=O) groups is 1. The van der Waals surface area contributed by atoms with E-state index in [1.165, 1.54) is 0 Å². The van der Waals surface area contributed by atoms with Gasteiger partial charge in [0.05, 0.1) is 6.61 Å². The average Bonchev–Trinajstić information content (AvgIpc) is 2.01. The number of hydrogen-bond acceptors (Lipinski definition) is 2. The minimum Gasteiger partial charge on any atom is -0.384 e. The summed E-state index contributed by atoms with van der Waals surface area (Å²) in [6.07, 6.45) is 1.76. The van der Waals surface area contributed by atoms with Crippen molar-refractivity contribution >= 4 is 5.78 Å². The molecule has 0 saturated heterocycles. The van der Waals surface area contributed by atoms with E-state index in [9.17, 15) is 4.79 Å². The predicted molar refractivity (Wildman–Crippen MR) is 44.2 cm³/mol. The first-order valence-corrected chi connectivity index (χ1v) is 3.71. The molecule has 0 saturated carbocycles. The fraction of sp³-hybridized carbons (Fsp3) is 0.667. The zero-order chi connectivity index (χ0) is 8.53. The topological polar surface area (TPSA) is 26.3 Å². The molecule has 0 rings (SSSR count). The molecule has 0 aliphatic rings. The van der Waals surface area contributed by atoms with Crippen LogP contribution in [0.1, 0.15) is 26.2 Å². The third-order valence-corrected chi connectivity index (χ3v) is 1.29. The van der Waals surface area contributed by atoms with Gasteiger partial charge in [0.15, 0.2) is 0 Å². The number of hydrogen-bond donors (Lipinski definition) is 0. The molecule has 0 aliphatic carbocycles. The number of Topliss-reactive ketones (excluding diaryl/α,β-unsaturated/α-hetero) is 1. The zero-order valence-corrected chi connectivity index (χ0v) is 7.14. The molecule has 0 atom stereocenters. The normalized spacial score (nSPS) is 8.55. The standard InChI is InChI=1S/C9H14O2/c1-3-4-5-6-9(10)7-8-11-2/h5-8H2,1-2H3. The van der Waals surface area contributed by atoms with Gasteiger partial charge in [-0.3, -0.25) is 4.79 Å². The maximum absolute atomic E-state index is 10.9. The van der Waals surface area contributed by atoms with Crippen LogP contribution in [0.2, 0.25) is 0 Å². The van der Waals surface area contributed by atoms with Crippen LogP contribution in [0.25, 0.3) is 0 Å². The lowest BCUT2D eigenvalue weighted by Gasteiger charge is -1.95. The molecule has 2 heteroatoms.